The van der Waals surface area contributed by atoms with E-state index in [1.807, 2.05) is 0 Å². The number of hydrogen-bond donors (Lipinski definition) is 3. The first kappa shape index (κ1) is 16.3. The molecule has 0 aliphatic carbocycles. The molecule has 0 fully saturated rings. The molecule has 4 N–H and O–H groups in total. The molecular weight excluding hydrogens is 244 g/mol. The molecule has 0 atom stereocenters. The van der Waals surface area contributed by atoms with Crippen LogP contribution in [0.25, 0.3) is 0 Å². The number of ether oxygens (including phenoxy) is 1. The summed E-state index contributed by atoms with van der Waals surface area (Å²) >= 11 is 0. The van der Waals surface area contributed by atoms with E-state index in [4.69, 9.17) is 15.9 Å². The highest BCUT2D eigenvalue weighted by atomic mass is 32.2. The summed E-state index contributed by atoms with van der Waals surface area (Å²) in [6.07, 6.45) is 0.226. The van der Waals surface area contributed by atoms with E-state index < -0.39 is 10.2 Å². The van der Waals surface area contributed by atoms with Crippen LogP contribution in [-0.2, 0) is 14.9 Å². The molecule has 17 heavy (non-hydrogen) atoms. The third kappa shape index (κ3) is 6.57. The van der Waals surface area contributed by atoms with Gasteiger partial charge >= 0.3 is 0 Å². The van der Waals surface area contributed by atoms with E-state index in [0.29, 0.717) is 6.61 Å². The summed E-state index contributed by atoms with van der Waals surface area (Å²) < 4.78 is 32.3. The van der Waals surface area contributed by atoms with Crippen molar-refractivity contribution in [1.82, 2.24) is 9.03 Å². The van der Waals surface area contributed by atoms with Crippen LogP contribution in [0.2, 0.25) is 0 Å². The number of nitrogens with zero attached hydrogens (tertiary/aromatic N) is 1. The largest absolute Gasteiger partial charge is 0.388 e. The SMILES string of the molecule is COCCNS(=O)(=O)N(CCC(=N)N)C(C)C. The molecule has 0 aromatic heterocycles. The summed E-state index contributed by atoms with van der Waals surface area (Å²) in [5.74, 6) is -0.0252. The minimum absolute atomic E-state index is 0.0252. The van der Waals surface area contributed by atoms with E-state index in [9.17, 15) is 8.42 Å². The molecule has 8 heteroatoms. The maximum absolute atomic E-state index is 11.9. The predicted octanol–water partition coefficient (Wildman–Crippen LogP) is -0.496. The maximum Gasteiger partial charge on any atom is 0.279 e. The van der Waals surface area contributed by atoms with Crippen molar-refractivity contribution in [3.8, 4) is 0 Å². The van der Waals surface area contributed by atoms with Crippen molar-refractivity contribution < 1.29 is 13.2 Å². The quantitative estimate of drug-likeness (QED) is 0.297. The molecule has 0 heterocycles. The Kier molecular flexibility index (Phi) is 7.28. The van der Waals surface area contributed by atoms with Gasteiger partial charge in [0.05, 0.1) is 12.4 Å². The lowest BCUT2D eigenvalue weighted by atomic mass is 10.3. The van der Waals surface area contributed by atoms with Gasteiger partial charge in [-0.3, -0.25) is 5.41 Å². The standard InChI is InChI=1S/C9H22N4O3S/c1-8(2)13(6-4-9(10)11)17(14,15)12-5-7-16-3/h8,12H,4-7H2,1-3H3,(H3,10,11). The summed E-state index contributed by atoms with van der Waals surface area (Å²) in [7, 11) is -2.03. The molecule has 0 aliphatic heterocycles. The second kappa shape index (κ2) is 7.59. The van der Waals surface area contributed by atoms with Gasteiger partial charge < -0.3 is 10.5 Å². The number of hydrogen-bond acceptors (Lipinski definition) is 4. The lowest BCUT2D eigenvalue weighted by molar-refractivity contribution is 0.203. The number of nitrogens with two attached hydrogens (primary N) is 1. The van der Waals surface area contributed by atoms with Crippen molar-refractivity contribution >= 4 is 16.0 Å². The molecule has 0 saturated carbocycles. The third-order valence-electron chi connectivity index (χ3n) is 2.08. The summed E-state index contributed by atoms with van der Waals surface area (Å²) in [6.45, 7) is 4.29. The molecule has 0 bridgehead atoms. The van der Waals surface area contributed by atoms with Gasteiger partial charge in [-0.15, -0.1) is 0 Å². The lowest BCUT2D eigenvalue weighted by Crippen LogP contribution is -2.46. The second-order valence-corrected chi connectivity index (χ2v) is 5.58. The Balaban J connectivity index is 4.51. The van der Waals surface area contributed by atoms with E-state index in [0.717, 1.165) is 0 Å². The number of rotatable bonds is 9. The molecule has 0 rings (SSSR count). The first-order valence-corrected chi connectivity index (χ1v) is 6.83. The van der Waals surface area contributed by atoms with E-state index in [1.54, 1.807) is 13.8 Å². The summed E-state index contributed by atoms with van der Waals surface area (Å²) in [6, 6.07) is -0.186. The number of amidine groups is 1. The Morgan fingerprint density at radius 2 is 2.12 bits per heavy atom. The van der Waals surface area contributed by atoms with Crippen molar-refractivity contribution in [1.29, 1.82) is 5.41 Å². The van der Waals surface area contributed by atoms with Gasteiger partial charge in [0, 0.05) is 32.7 Å². The zero-order chi connectivity index (χ0) is 13.5. The van der Waals surface area contributed by atoms with Crippen LogP contribution in [0.5, 0.6) is 0 Å². The molecule has 0 unspecified atom stereocenters. The Morgan fingerprint density at radius 1 is 1.53 bits per heavy atom. The summed E-state index contributed by atoms with van der Waals surface area (Å²) in [5, 5.41) is 7.12. The fourth-order valence-corrected chi connectivity index (χ4v) is 2.64. The zero-order valence-electron chi connectivity index (χ0n) is 10.6. The van der Waals surface area contributed by atoms with Gasteiger partial charge in [0.2, 0.25) is 0 Å². The van der Waals surface area contributed by atoms with Crippen LogP contribution in [0.3, 0.4) is 0 Å². The molecule has 0 aromatic rings. The number of methoxy groups -OCH3 is 1. The van der Waals surface area contributed by atoms with Crippen molar-refractivity contribution in [3.63, 3.8) is 0 Å². The Bertz CT molecular complexity index is 329. The van der Waals surface area contributed by atoms with Crippen LogP contribution in [-0.4, -0.2) is 51.4 Å². The van der Waals surface area contributed by atoms with E-state index in [1.165, 1.54) is 11.4 Å². The van der Waals surface area contributed by atoms with Crippen molar-refractivity contribution in [2.75, 3.05) is 26.8 Å². The van der Waals surface area contributed by atoms with Crippen LogP contribution in [0, 0.1) is 5.41 Å². The van der Waals surface area contributed by atoms with Gasteiger partial charge in [0.25, 0.3) is 10.2 Å². The van der Waals surface area contributed by atoms with Gasteiger partial charge in [-0.2, -0.15) is 17.4 Å². The molecule has 0 amide bonds. The van der Waals surface area contributed by atoms with Gasteiger partial charge in [-0.1, -0.05) is 0 Å². The van der Waals surface area contributed by atoms with Crippen LogP contribution in [0.4, 0.5) is 0 Å². The normalized spacial score (nSPS) is 12.3. The second-order valence-electron chi connectivity index (χ2n) is 3.87. The molecule has 0 radical (unpaired) electrons. The topological polar surface area (TPSA) is 109 Å². The molecule has 0 saturated heterocycles. The Hall–Kier alpha value is -0.700. The van der Waals surface area contributed by atoms with Crippen molar-refractivity contribution in [2.45, 2.75) is 26.3 Å². The fourth-order valence-electron chi connectivity index (χ4n) is 1.24. The number of nitrogens with one attached hydrogen (secondary N) is 2. The lowest BCUT2D eigenvalue weighted by Gasteiger charge is -2.25. The smallest absolute Gasteiger partial charge is 0.279 e. The van der Waals surface area contributed by atoms with Crippen molar-refractivity contribution in [3.05, 3.63) is 0 Å². The highest BCUT2D eigenvalue weighted by molar-refractivity contribution is 7.87. The summed E-state index contributed by atoms with van der Waals surface area (Å²) in [5.41, 5.74) is 5.23. The minimum Gasteiger partial charge on any atom is -0.388 e. The molecule has 0 spiro atoms. The average molecular weight is 266 g/mol. The van der Waals surface area contributed by atoms with E-state index >= 15 is 0 Å². The van der Waals surface area contributed by atoms with Gasteiger partial charge in [0.1, 0.15) is 0 Å². The Morgan fingerprint density at radius 3 is 2.53 bits per heavy atom. The first-order chi connectivity index (χ1) is 7.81. The summed E-state index contributed by atoms with van der Waals surface area (Å²) in [4.78, 5) is 0. The highest BCUT2D eigenvalue weighted by Gasteiger charge is 2.23. The molecule has 102 valence electrons. The van der Waals surface area contributed by atoms with E-state index in [2.05, 4.69) is 4.72 Å². The monoisotopic (exact) mass is 266 g/mol. The van der Waals surface area contributed by atoms with Crippen molar-refractivity contribution in [2.24, 2.45) is 5.73 Å². The van der Waals surface area contributed by atoms with E-state index in [-0.39, 0.29) is 31.4 Å². The van der Waals surface area contributed by atoms with Gasteiger partial charge in [-0.05, 0) is 13.8 Å². The van der Waals surface area contributed by atoms with Crippen LogP contribution < -0.4 is 10.5 Å². The minimum atomic E-state index is -3.54. The predicted molar refractivity (Wildman–Crippen MR) is 67.2 cm³/mol. The molecule has 0 aromatic carbocycles. The highest BCUT2D eigenvalue weighted by Crippen LogP contribution is 2.05. The molecular formula is C9H22N4O3S. The molecule has 7 nitrogen and oxygen atoms in total. The fraction of sp³-hybridized carbons (Fsp3) is 0.889. The van der Waals surface area contributed by atoms with Crippen LogP contribution >= 0.6 is 0 Å². The average Bonchev–Trinajstić information content (AvgIpc) is 2.16. The Labute approximate surface area is 103 Å². The first-order valence-electron chi connectivity index (χ1n) is 5.39. The molecule has 0 aliphatic rings. The zero-order valence-corrected chi connectivity index (χ0v) is 11.4. The van der Waals surface area contributed by atoms with Gasteiger partial charge in [0.15, 0.2) is 0 Å². The maximum atomic E-state index is 11.9. The van der Waals surface area contributed by atoms with Crippen LogP contribution in [0.15, 0.2) is 0 Å². The third-order valence-corrected chi connectivity index (χ3v) is 3.87. The van der Waals surface area contributed by atoms with Gasteiger partial charge in [-0.25, -0.2) is 0 Å². The van der Waals surface area contributed by atoms with Crippen LogP contribution in [0.1, 0.15) is 20.3 Å².